The van der Waals surface area contributed by atoms with Gasteiger partial charge in [0.2, 0.25) is 0 Å². The summed E-state index contributed by atoms with van der Waals surface area (Å²) in [6, 6.07) is 19.2. The van der Waals surface area contributed by atoms with E-state index in [0.29, 0.717) is 11.8 Å². The topological polar surface area (TPSA) is 0 Å². The van der Waals surface area contributed by atoms with Gasteiger partial charge < -0.3 is 0 Å². The summed E-state index contributed by atoms with van der Waals surface area (Å²) in [5.74, 6) is 2.15. The first kappa shape index (κ1) is 21.4. The maximum absolute atomic E-state index is 2.21. The van der Waals surface area contributed by atoms with E-state index in [1.807, 2.05) is 6.07 Å². The van der Waals surface area contributed by atoms with Crippen molar-refractivity contribution in [2.45, 2.75) is 67.2 Å². The van der Waals surface area contributed by atoms with Gasteiger partial charge in [0.05, 0.1) is 0 Å². The molecule has 0 saturated heterocycles. The summed E-state index contributed by atoms with van der Waals surface area (Å²) in [4.78, 5) is 0. The van der Waals surface area contributed by atoms with Gasteiger partial charge >= 0.3 is 0 Å². The molecule has 0 saturated carbocycles. The van der Waals surface area contributed by atoms with Crippen LogP contribution < -0.4 is 0 Å². The Hall–Kier alpha value is -1.56. The molecule has 2 aromatic rings. The van der Waals surface area contributed by atoms with Crippen LogP contribution in [0.15, 0.2) is 54.6 Å². The molecule has 0 bridgehead atoms. The lowest BCUT2D eigenvalue weighted by atomic mass is 10.0. The highest BCUT2D eigenvalue weighted by atomic mass is 14.0. The zero-order valence-corrected chi connectivity index (χ0v) is 16.4. The highest BCUT2D eigenvalue weighted by Gasteiger charge is 1.95. The molecule has 0 N–H and O–H groups in total. The molecular formula is C23H36. The Morgan fingerprint density at radius 2 is 0.870 bits per heavy atom. The van der Waals surface area contributed by atoms with Crippen LogP contribution in [0.2, 0.25) is 0 Å². The van der Waals surface area contributed by atoms with Crippen molar-refractivity contribution in [2.24, 2.45) is 5.92 Å². The fourth-order valence-electron chi connectivity index (χ4n) is 1.79. The molecule has 0 aliphatic rings. The summed E-state index contributed by atoms with van der Waals surface area (Å²) in [6.45, 7) is 17.4. The molecule has 2 rings (SSSR count). The van der Waals surface area contributed by atoms with Gasteiger partial charge in [-0.05, 0) is 35.8 Å². The van der Waals surface area contributed by atoms with Crippen molar-refractivity contribution in [1.82, 2.24) is 0 Å². The van der Waals surface area contributed by atoms with Gasteiger partial charge in [-0.15, -0.1) is 0 Å². The molecule has 0 radical (unpaired) electrons. The molecule has 0 spiro atoms. The number of benzene rings is 2. The van der Waals surface area contributed by atoms with Crippen LogP contribution in [0.1, 0.15) is 77.0 Å². The highest BCUT2D eigenvalue weighted by molar-refractivity contribution is 5.23. The fraction of sp³-hybridized carbons (Fsp3) is 0.478. The molecule has 0 nitrogen and oxygen atoms in total. The van der Waals surface area contributed by atoms with Gasteiger partial charge in [-0.25, -0.2) is 0 Å². The smallest absolute Gasteiger partial charge is 0.0219 e. The van der Waals surface area contributed by atoms with Gasteiger partial charge in [-0.3, -0.25) is 0 Å². The summed E-state index contributed by atoms with van der Waals surface area (Å²) in [7, 11) is 0. The molecule has 0 amide bonds. The van der Waals surface area contributed by atoms with Crippen molar-refractivity contribution in [1.29, 1.82) is 0 Å². The van der Waals surface area contributed by atoms with Crippen molar-refractivity contribution < 1.29 is 0 Å². The predicted octanol–water partition coefficient (Wildman–Crippen LogP) is 7.59. The average Bonchev–Trinajstić information content (AvgIpc) is 2.48. The molecule has 23 heavy (non-hydrogen) atoms. The van der Waals surface area contributed by atoms with Crippen LogP contribution in [0.5, 0.6) is 0 Å². The van der Waals surface area contributed by atoms with Crippen LogP contribution in [-0.4, -0.2) is 0 Å². The fourth-order valence-corrected chi connectivity index (χ4v) is 1.79. The van der Waals surface area contributed by atoms with Crippen LogP contribution in [-0.2, 0) is 0 Å². The lowest BCUT2D eigenvalue weighted by Gasteiger charge is -2.03. The quantitative estimate of drug-likeness (QED) is 0.535. The monoisotopic (exact) mass is 312 g/mol. The van der Waals surface area contributed by atoms with Crippen LogP contribution in [0.4, 0.5) is 0 Å². The van der Waals surface area contributed by atoms with Gasteiger partial charge in [-0.2, -0.15) is 0 Å². The molecule has 0 aromatic heterocycles. The summed E-state index contributed by atoms with van der Waals surface area (Å²) >= 11 is 0. The molecular weight excluding hydrogens is 276 g/mol. The molecule has 2 aromatic carbocycles. The Bertz CT molecular complexity index is 487. The summed E-state index contributed by atoms with van der Waals surface area (Å²) < 4.78 is 0. The van der Waals surface area contributed by atoms with Crippen molar-refractivity contribution in [2.75, 3.05) is 0 Å². The van der Waals surface area contributed by atoms with Gasteiger partial charge in [0.25, 0.3) is 0 Å². The predicted molar refractivity (Wildman–Crippen MR) is 106 cm³/mol. The second-order valence-electron chi connectivity index (χ2n) is 7.36. The Morgan fingerprint density at radius 3 is 1.17 bits per heavy atom. The maximum Gasteiger partial charge on any atom is -0.0219 e. The first-order valence-electron chi connectivity index (χ1n) is 8.85. The van der Waals surface area contributed by atoms with E-state index < -0.39 is 0 Å². The van der Waals surface area contributed by atoms with E-state index in [4.69, 9.17) is 0 Å². The molecule has 0 heteroatoms. The van der Waals surface area contributed by atoms with E-state index >= 15 is 0 Å². The van der Waals surface area contributed by atoms with Crippen molar-refractivity contribution >= 4 is 0 Å². The van der Waals surface area contributed by atoms with Crippen molar-refractivity contribution in [3.05, 3.63) is 71.3 Å². The minimum Gasteiger partial charge on any atom is -0.0630 e. The van der Waals surface area contributed by atoms with E-state index in [-0.39, 0.29) is 0 Å². The van der Waals surface area contributed by atoms with Crippen LogP contribution in [0.3, 0.4) is 0 Å². The molecule has 0 aliphatic carbocycles. The second kappa shape index (κ2) is 11.9. The SMILES string of the molecule is CC(C)C.CC(C)c1ccccc1.Cc1ccc(C(C)C)cc1. The third-order valence-corrected chi connectivity index (χ3v) is 3.21. The van der Waals surface area contributed by atoms with Crippen LogP contribution in [0.25, 0.3) is 0 Å². The van der Waals surface area contributed by atoms with E-state index in [0.717, 1.165) is 5.92 Å². The lowest BCUT2D eigenvalue weighted by molar-refractivity contribution is 0.737. The van der Waals surface area contributed by atoms with Crippen molar-refractivity contribution in [3.8, 4) is 0 Å². The van der Waals surface area contributed by atoms with Crippen LogP contribution >= 0.6 is 0 Å². The van der Waals surface area contributed by atoms with Gasteiger partial charge in [0, 0.05) is 0 Å². The number of aryl methyl sites for hydroxylation is 1. The second-order valence-corrected chi connectivity index (χ2v) is 7.36. The molecule has 0 fully saturated rings. The third-order valence-electron chi connectivity index (χ3n) is 3.21. The van der Waals surface area contributed by atoms with Crippen molar-refractivity contribution in [3.63, 3.8) is 0 Å². The number of hydrogen-bond acceptors (Lipinski definition) is 0. The first-order valence-corrected chi connectivity index (χ1v) is 8.85. The molecule has 128 valence electrons. The molecule has 0 heterocycles. The lowest BCUT2D eigenvalue weighted by Crippen LogP contribution is -1.85. The minimum atomic E-state index is 0.653. The highest BCUT2D eigenvalue weighted by Crippen LogP contribution is 2.13. The number of rotatable bonds is 2. The van der Waals surface area contributed by atoms with E-state index in [1.54, 1.807) is 0 Å². The zero-order chi connectivity index (χ0) is 17.8. The Balaban J connectivity index is 0.000000345. The maximum atomic E-state index is 2.21. The molecule has 0 aliphatic heterocycles. The standard InChI is InChI=1S/C10H14.C9H12.C4H10/c1-8(2)10-6-4-9(3)5-7-10;1-8(2)9-6-4-3-5-7-9;1-4(2)3/h4-8H,1-3H3;3-8H,1-2H3;4H,1-3H3. The molecule has 0 atom stereocenters. The third kappa shape index (κ3) is 11.6. The Morgan fingerprint density at radius 1 is 0.522 bits per heavy atom. The van der Waals surface area contributed by atoms with E-state index in [9.17, 15) is 0 Å². The van der Waals surface area contributed by atoms with Gasteiger partial charge in [0.1, 0.15) is 0 Å². The van der Waals surface area contributed by atoms with E-state index in [1.165, 1.54) is 16.7 Å². The average molecular weight is 313 g/mol. The van der Waals surface area contributed by atoms with E-state index in [2.05, 4.69) is 104 Å². The van der Waals surface area contributed by atoms with Gasteiger partial charge in [0.15, 0.2) is 0 Å². The minimum absolute atomic E-state index is 0.653. The number of hydrogen-bond donors (Lipinski definition) is 0. The first-order chi connectivity index (χ1) is 10.7. The largest absolute Gasteiger partial charge is 0.0630 e. The molecule has 0 unspecified atom stereocenters. The summed E-state index contributed by atoms with van der Waals surface area (Å²) in [5, 5.41) is 0. The normalized spacial score (nSPS) is 10.0. The van der Waals surface area contributed by atoms with Gasteiger partial charge in [-0.1, -0.05) is 109 Å². The Labute approximate surface area is 145 Å². The summed E-state index contributed by atoms with van der Waals surface area (Å²) in [5.41, 5.74) is 4.17. The van der Waals surface area contributed by atoms with Crippen LogP contribution in [0, 0.1) is 12.8 Å². The summed E-state index contributed by atoms with van der Waals surface area (Å²) in [6.07, 6.45) is 0. The zero-order valence-electron chi connectivity index (χ0n) is 16.4. The Kier molecular flexibility index (Phi) is 11.1.